The second-order valence-electron chi connectivity index (χ2n) is 4.63. The van der Waals surface area contributed by atoms with Crippen LogP contribution in [-0.2, 0) is 14.3 Å². The van der Waals surface area contributed by atoms with Crippen molar-refractivity contribution in [2.24, 2.45) is 0 Å². The molecule has 0 atom stereocenters. The first-order valence-corrected chi connectivity index (χ1v) is 8.39. The number of carbonyl (C=O) groups excluding carboxylic acids is 2. The van der Waals surface area contributed by atoms with Gasteiger partial charge in [0.15, 0.2) is 6.61 Å². The molecule has 0 unspecified atom stereocenters. The van der Waals surface area contributed by atoms with Crippen molar-refractivity contribution in [3.05, 3.63) is 59.6 Å². The van der Waals surface area contributed by atoms with Crippen LogP contribution >= 0.6 is 23.4 Å². The van der Waals surface area contributed by atoms with Crippen LogP contribution in [0.3, 0.4) is 0 Å². The number of hydrogen-bond acceptors (Lipinski definition) is 4. The van der Waals surface area contributed by atoms with Crippen molar-refractivity contribution in [2.75, 3.05) is 17.7 Å². The van der Waals surface area contributed by atoms with Gasteiger partial charge in [-0.05, 0) is 36.4 Å². The number of esters is 1. The van der Waals surface area contributed by atoms with Crippen LogP contribution in [0.5, 0.6) is 0 Å². The molecule has 120 valence electrons. The van der Waals surface area contributed by atoms with E-state index in [9.17, 15) is 9.59 Å². The number of rotatable bonds is 7. The minimum Gasteiger partial charge on any atom is -0.456 e. The van der Waals surface area contributed by atoms with E-state index in [1.54, 1.807) is 24.3 Å². The summed E-state index contributed by atoms with van der Waals surface area (Å²) in [5.74, 6) is -0.162. The van der Waals surface area contributed by atoms with Crippen molar-refractivity contribution < 1.29 is 14.3 Å². The van der Waals surface area contributed by atoms with Crippen molar-refractivity contribution >= 4 is 40.9 Å². The molecule has 0 radical (unpaired) electrons. The average molecular weight is 350 g/mol. The van der Waals surface area contributed by atoms with Crippen LogP contribution in [0.2, 0.25) is 5.02 Å². The Balaban J connectivity index is 1.63. The first kappa shape index (κ1) is 17.4. The van der Waals surface area contributed by atoms with Crippen LogP contribution in [0.15, 0.2) is 59.5 Å². The highest BCUT2D eigenvalue weighted by Crippen LogP contribution is 2.21. The molecule has 4 nitrogen and oxygen atoms in total. The number of ether oxygens (including phenoxy) is 1. The SMILES string of the molecule is O=C(COC(=O)CCSc1ccc(Cl)cc1)Nc1ccccc1. The summed E-state index contributed by atoms with van der Waals surface area (Å²) in [5.41, 5.74) is 0.673. The number of amides is 1. The van der Waals surface area contributed by atoms with Crippen LogP contribution in [-0.4, -0.2) is 24.2 Å². The lowest BCUT2D eigenvalue weighted by molar-refractivity contribution is -0.146. The van der Waals surface area contributed by atoms with Crippen LogP contribution in [0, 0.1) is 0 Å². The highest BCUT2D eigenvalue weighted by atomic mass is 35.5. The third kappa shape index (κ3) is 6.76. The van der Waals surface area contributed by atoms with Gasteiger partial charge >= 0.3 is 5.97 Å². The molecule has 0 heterocycles. The van der Waals surface area contributed by atoms with Gasteiger partial charge in [0.05, 0.1) is 6.42 Å². The Bertz CT molecular complexity index is 647. The van der Waals surface area contributed by atoms with Crippen molar-refractivity contribution in [3.8, 4) is 0 Å². The summed E-state index contributed by atoms with van der Waals surface area (Å²) < 4.78 is 4.95. The zero-order valence-electron chi connectivity index (χ0n) is 12.3. The highest BCUT2D eigenvalue weighted by molar-refractivity contribution is 7.99. The van der Waals surface area contributed by atoms with Crippen molar-refractivity contribution in [1.29, 1.82) is 0 Å². The Morgan fingerprint density at radius 2 is 1.74 bits per heavy atom. The molecule has 0 saturated carbocycles. The minimum atomic E-state index is -0.394. The predicted molar refractivity (Wildman–Crippen MR) is 92.8 cm³/mol. The van der Waals surface area contributed by atoms with E-state index < -0.39 is 5.97 Å². The second-order valence-corrected chi connectivity index (χ2v) is 6.23. The van der Waals surface area contributed by atoms with Crippen LogP contribution < -0.4 is 5.32 Å². The zero-order valence-corrected chi connectivity index (χ0v) is 13.9. The fourth-order valence-electron chi connectivity index (χ4n) is 1.72. The molecule has 2 aromatic carbocycles. The smallest absolute Gasteiger partial charge is 0.307 e. The third-order valence-corrected chi connectivity index (χ3v) is 4.08. The standard InChI is InChI=1S/C17H16ClNO3S/c18-13-6-8-15(9-7-13)23-11-10-17(21)22-12-16(20)19-14-4-2-1-3-5-14/h1-9H,10-12H2,(H,19,20). The Kier molecular flexibility index (Phi) is 6.97. The van der Waals surface area contributed by atoms with Gasteiger partial charge in [-0.3, -0.25) is 9.59 Å². The van der Waals surface area contributed by atoms with E-state index in [1.165, 1.54) is 11.8 Å². The molecule has 0 saturated heterocycles. The quantitative estimate of drug-likeness (QED) is 0.606. The lowest BCUT2D eigenvalue weighted by Gasteiger charge is -2.06. The Labute approximate surface area is 144 Å². The number of para-hydroxylation sites is 1. The molecule has 0 aromatic heterocycles. The fourth-order valence-corrected chi connectivity index (χ4v) is 2.68. The van der Waals surface area contributed by atoms with Gasteiger partial charge in [-0.1, -0.05) is 29.8 Å². The van der Waals surface area contributed by atoms with Gasteiger partial charge < -0.3 is 10.1 Å². The molecule has 0 fully saturated rings. The van der Waals surface area contributed by atoms with Crippen LogP contribution in [0.25, 0.3) is 0 Å². The molecule has 0 aliphatic carbocycles. The molecule has 6 heteroatoms. The van der Waals surface area contributed by atoms with Crippen molar-refractivity contribution in [1.82, 2.24) is 0 Å². The summed E-state index contributed by atoms with van der Waals surface area (Å²) in [6, 6.07) is 16.4. The summed E-state index contributed by atoms with van der Waals surface area (Å²) in [6.45, 7) is -0.278. The molecule has 2 rings (SSSR count). The van der Waals surface area contributed by atoms with Gasteiger partial charge in [0.25, 0.3) is 5.91 Å². The molecule has 23 heavy (non-hydrogen) atoms. The number of carbonyl (C=O) groups is 2. The molecular formula is C17H16ClNO3S. The van der Waals surface area contributed by atoms with Crippen molar-refractivity contribution in [3.63, 3.8) is 0 Å². The Morgan fingerprint density at radius 1 is 1.04 bits per heavy atom. The van der Waals surface area contributed by atoms with Crippen LogP contribution in [0.4, 0.5) is 5.69 Å². The maximum absolute atomic E-state index is 11.6. The summed E-state index contributed by atoms with van der Waals surface area (Å²) in [7, 11) is 0. The van der Waals surface area contributed by atoms with Crippen molar-refractivity contribution in [2.45, 2.75) is 11.3 Å². The molecule has 1 amide bonds. The largest absolute Gasteiger partial charge is 0.456 e. The van der Waals surface area contributed by atoms with E-state index in [4.69, 9.17) is 16.3 Å². The summed E-state index contributed by atoms with van der Waals surface area (Å²) in [5, 5.41) is 3.33. The fraction of sp³-hybridized carbons (Fsp3) is 0.176. The van der Waals surface area contributed by atoms with E-state index in [0.29, 0.717) is 16.5 Å². The van der Waals surface area contributed by atoms with E-state index in [0.717, 1.165) is 4.90 Å². The molecule has 2 aromatic rings. The molecular weight excluding hydrogens is 334 g/mol. The van der Waals surface area contributed by atoms with E-state index >= 15 is 0 Å². The number of thioether (sulfide) groups is 1. The van der Waals surface area contributed by atoms with Gasteiger partial charge in [-0.15, -0.1) is 11.8 Å². The van der Waals surface area contributed by atoms with Gasteiger partial charge in [-0.2, -0.15) is 0 Å². The molecule has 0 aliphatic heterocycles. The topological polar surface area (TPSA) is 55.4 Å². The Hall–Kier alpha value is -1.98. The number of benzene rings is 2. The monoisotopic (exact) mass is 349 g/mol. The molecule has 1 N–H and O–H groups in total. The number of anilines is 1. The van der Waals surface area contributed by atoms with E-state index in [1.807, 2.05) is 30.3 Å². The molecule has 0 aliphatic rings. The summed E-state index contributed by atoms with van der Waals surface area (Å²) in [4.78, 5) is 24.3. The minimum absolute atomic E-state index is 0.242. The summed E-state index contributed by atoms with van der Waals surface area (Å²) >= 11 is 7.34. The van der Waals surface area contributed by atoms with Gasteiger partial charge in [0.2, 0.25) is 0 Å². The normalized spacial score (nSPS) is 10.1. The lowest BCUT2D eigenvalue weighted by Crippen LogP contribution is -2.20. The van der Waals surface area contributed by atoms with Gasteiger partial charge in [-0.25, -0.2) is 0 Å². The first-order valence-electron chi connectivity index (χ1n) is 7.02. The summed E-state index contributed by atoms with van der Waals surface area (Å²) in [6.07, 6.45) is 0.242. The van der Waals surface area contributed by atoms with Crippen LogP contribution in [0.1, 0.15) is 6.42 Å². The molecule has 0 bridgehead atoms. The second kappa shape index (κ2) is 9.22. The molecule has 0 spiro atoms. The number of nitrogens with one attached hydrogen (secondary N) is 1. The third-order valence-electron chi connectivity index (χ3n) is 2.81. The lowest BCUT2D eigenvalue weighted by atomic mass is 10.3. The van der Waals surface area contributed by atoms with E-state index in [-0.39, 0.29) is 18.9 Å². The highest BCUT2D eigenvalue weighted by Gasteiger charge is 2.08. The predicted octanol–water partition coefficient (Wildman–Crippen LogP) is 4.00. The number of halogens is 1. The first-order chi connectivity index (χ1) is 11.1. The number of hydrogen-bond donors (Lipinski definition) is 1. The maximum Gasteiger partial charge on any atom is 0.307 e. The average Bonchev–Trinajstić information content (AvgIpc) is 2.56. The maximum atomic E-state index is 11.6. The van der Waals surface area contributed by atoms with E-state index in [2.05, 4.69) is 5.32 Å². The van der Waals surface area contributed by atoms with Gasteiger partial charge in [0.1, 0.15) is 0 Å². The Morgan fingerprint density at radius 3 is 2.43 bits per heavy atom. The van der Waals surface area contributed by atoms with Gasteiger partial charge in [0, 0.05) is 21.4 Å². The zero-order chi connectivity index (χ0) is 16.5.